The van der Waals surface area contributed by atoms with Crippen molar-refractivity contribution in [2.24, 2.45) is 5.73 Å². The Hall–Kier alpha value is -1.29. The molecule has 1 aromatic heterocycles. The van der Waals surface area contributed by atoms with Crippen molar-refractivity contribution >= 4 is 5.91 Å². The minimum Gasteiger partial charge on any atom is -0.469 e. The van der Waals surface area contributed by atoms with Gasteiger partial charge in [0.05, 0.1) is 11.8 Å². The van der Waals surface area contributed by atoms with Crippen LogP contribution >= 0.6 is 0 Å². The molecule has 0 spiro atoms. The van der Waals surface area contributed by atoms with Gasteiger partial charge in [0.15, 0.2) is 0 Å². The van der Waals surface area contributed by atoms with Crippen molar-refractivity contribution in [2.75, 3.05) is 13.1 Å². The number of amides is 1. The molecule has 3 N–H and O–H groups in total. The molecule has 16 heavy (non-hydrogen) atoms. The molecule has 0 bridgehead atoms. The van der Waals surface area contributed by atoms with Crippen LogP contribution in [0.5, 0.6) is 0 Å². The zero-order valence-electron chi connectivity index (χ0n) is 9.79. The summed E-state index contributed by atoms with van der Waals surface area (Å²) in [6, 6.07) is 1.69. The monoisotopic (exact) mass is 224 g/mol. The van der Waals surface area contributed by atoms with Crippen LogP contribution in [0.1, 0.15) is 41.8 Å². The summed E-state index contributed by atoms with van der Waals surface area (Å²) >= 11 is 0. The van der Waals surface area contributed by atoms with Gasteiger partial charge in [-0.1, -0.05) is 12.8 Å². The molecule has 0 fully saturated rings. The van der Waals surface area contributed by atoms with Gasteiger partial charge < -0.3 is 15.5 Å². The first-order chi connectivity index (χ1) is 7.75. The lowest BCUT2D eigenvalue weighted by Crippen LogP contribution is -2.24. The number of hydrogen-bond donors (Lipinski definition) is 2. The maximum absolute atomic E-state index is 11.6. The van der Waals surface area contributed by atoms with Crippen LogP contribution in [0.2, 0.25) is 0 Å². The van der Waals surface area contributed by atoms with Crippen molar-refractivity contribution in [2.45, 2.75) is 32.6 Å². The first kappa shape index (κ1) is 12.8. The van der Waals surface area contributed by atoms with Gasteiger partial charge in [0.25, 0.3) is 5.91 Å². The highest BCUT2D eigenvalue weighted by atomic mass is 16.3. The highest BCUT2D eigenvalue weighted by Gasteiger charge is 2.09. The number of carbonyl (C=O) groups is 1. The first-order valence-corrected chi connectivity index (χ1v) is 5.78. The molecule has 0 atom stereocenters. The zero-order valence-corrected chi connectivity index (χ0v) is 9.79. The number of hydrogen-bond acceptors (Lipinski definition) is 3. The smallest absolute Gasteiger partial charge is 0.254 e. The second-order valence-corrected chi connectivity index (χ2v) is 3.85. The molecule has 90 valence electrons. The van der Waals surface area contributed by atoms with Crippen LogP contribution in [0.4, 0.5) is 0 Å². The van der Waals surface area contributed by atoms with Gasteiger partial charge in [-0.05, 0) is 32.4 Å². The second kappa shape index (κ2) is 7.06. The molecule has 1 heterocycles. The lowest BCUT2D eigenvalue weighted by atomic mass is 10.2. The van der Waals surface area contributed by atoms with Gasteiger partial charge in [-0.25, -0.2) is 0 Å². The van der Waals surface area contributed by atoms with E-state index in [0.717, 1.165) is 32.2 Å². The Morgan fingerprint density at radius 2 is 2.12 bits per heavy atom. The Kier molecular flexibility index (Phi) is 5.64. The van der Waals surface area contributed by atoms with Crippen LogP contribution in [-0.2, 0) is 0 Å². The summed E-state index contributed by atoms with van der Waals surface area (Å²) < 4.78 is 5.07. The summed E-state index contributed by atoms with van der Waals surface area (Å²) in [4.78, 5) is 11.6. The highest BCUT2D eigenvalue weighted by Crippen LogP contribution is 2.08. The van der Waals surface area contributed by atoms with E-state index in [9.17, 15) is 4.79 Å². The third kappa shape index (κ3) is 4.06. The van der Waals surface area contributed by atoms with E-state index in [0.29, 0.717) is 17.9 Å². The van der Waals surface area contributed by atoms with E-state index < -0.39 is 0 Å². The van der Waals surface area contributed by atoms with Crippen LogP contribution in [0, 0.1) is 6.92 Å². The molecule has 1 rings (SSSR count). The van der Waals surface area contributed by atoms with Crippen LogP contribution in [0.15, 0.2) is 16.7 Å². The third-order valence-electron chi connectivity index (χ3n) is 2.52. The summed E-state index contributed by atoms with van der Waals surface area (Å²) in [6.45, 7) is 3.25. The Morgan fingerprint density at radius 3 is 2.75 bits per heavy atom. The minimum absolute atomic E-state index is 0.0509. The Balaban J connectivity index is 2.14. The molecule has 0 saturated heterocycles. The fourth-order valence-corrected chi connectivity index (χ4v) is 1.54. The minimum atomic E-state index is -0.0509. The van der Waals surface area contributed by atoms with Crippen LogP contribution < -0.4 is 11.1 Å². The summed E-state index contributed by atoms with van der Waals surface area (Å²) in [5, 5.41) is 2.87. The molecule has 1 aromatic rings. The van der Waals surface area contributed by atoms with Gasteiger partial charge in [0, 0.05) is 6.54 Å². The fourth-order valence-electron chi connectivity index (χ4n) is 1.54. The molecule has 4 nitrogen and oxygen atoms in total. The highest BCUT2D eigenvalue weighted by molar-refractivity contribution is 5.94. The normalized spacial score (nSPS) is 10.4. The van der Waals surface area contributed by atoms with Gasteiger partial charge in [-0.2, -0.15) is 0 Å². The average Bonchev–Trinajstić information content (AvgIpc) is 2.69. The SMILES string of the molecule is Cc1occc1C(=O)NCCCCCCN. The summed E-state index contributed by atoms with van der Waals surface area (Å²) in [5.41, 5.74) is 6.02. The molecule has 4 heteroatoms. The van der Waals surface area contributed by atoms with Gasteiger partial charge in [0.2, 0.25) is 0 Å². The van der Waals surface area contributed by atoms with E-state index in [4.69, 9.17) is 10.2 Å². The fraction of sp³-hybridized carbons (Fsp3) is 0.583. The van der Waals surface area contributed by atoms with E-state index in [2.05, 4.69) is 5.32 Å². The van der Waals surface area contributed by atoms with Gasteiger partial charge in [-0.15, -0.1) is 0 Å². The molecular formula is C12H20N2O2. The molecule has 0 aliphatic rings. The lowest BCUT2D eigenvalue weighted by Gasteiger charge is -2.03. The standard InChI is InChI=1S/C12H20N2O2/c1-10-11(6-9-16-10)12(15)14-8-5-3-2-4-7-13/h6,9H,2-5,7-8,13H2,1H3,(H,14,15). The van der Waals surface area contributed by atoms with E-state index in [1.807, 2.05) is 0 Å². The maximum Gasteiger partial charge on any atom is 0.254 e. The predicted molar refractivity (Wildman–Crippen MR) is 63.3 cm³/mol. The van der Waals surface area contributed by atoms with Crippen molar-refractivity contribution in [1.29, 1.82) is 0 Å². The first-order valence-electron chi connectivity index (χ1n) is 5.78. The largest absolute Gasteiger partial charge is 0.469 e. The number of unbranched alkanes of at least 4 members (excludes halogenated alkanes) is 3. The zero-order chi connectivity index (χ0) is 11.8. The van der Waals surface area contributed by atoms with Crippen LogP contribution in [-0.4, -0.2) is 19.0 Å². The van der Waals surface area contributed by atoms with E-state index in [1.165, 1.54) is 6.26 Å². The van der Waals surface area contributed by atoms with E-state index in [1.54, 1.807) is 13.0 Å². The van der Waals surface area contributed by atoms with Gasteiger partial charge in [0.1, 0.15) is 5.76 Å². The van der Waals surface area contributed by atoms with Crippen molar-refractivity contribution < 1.29 is 9.21 Å². The molecular weight excluding hydrogens is 204 g/mol. The molecule has 0 aliphatic carbocycles. The predicted octanol–water partition coefficient (Wildman–Crippen LogP) is 1.84. The maximum atomic E-state index is 11.6. The Bertz CT molecular complexity index is 321. The van der Waals surface area contributed by atoms with Crippen LogP contribution in [0.3, 0.4) is 0 Å². The number of rotatable bonds is 7. The van der Waals surface area contributed by atoms with Crippen LogP contribution in [0.25, 0.3) is 0 Å². The number of nitrogens with one attached hydrogen (secondary N) is 1. The van der Waals surface area contributed by atoms with Gasteiger partial charge in [-0.3, -0.25) is 4.79 Å². The molecule has 0 aliphatic heterocycles. The number of furan rings is 1. The van der Waals surface area contributed by atoms with Crippen molar-refractivity contribution in [1.82, 2.24) is 5.32 Å². The van der Waals surface area contributed by atoms with Crippen molar-refractivity contribution in [3.8, 4) is 0 Å². The number of nitrogens with two attached hydrogens (primary N) is 1. The second-order valence-electron chi connectivity index (χ2n) is 3.85. The summed E-state index contributed by atoms with van der Waals surface area (Å²) in [7, 11) is 0. The van der Waals surface area contributed by atoms with Crippen molar-refractivity contribution in [3.63, 3.8) is 0 Å². The topological polar surface area (TPSA) is 68.3 Å². The van der Waals surface area contributed by atoms with Crippen molar-refractivity contribution in [3.05, 3.63) is 23.7 Å². The molecule has 0 aromatic carbocycles. The lowest BCUT2D eigenvalue weighted by molar-refractivity contribution is 0.0951. The molecule has 1 amide bonds. The third-order valence-corrected chi connectivity index (χ3v) is 2.52. The van der Waals surface area contributed by atoms with Gasteiger partial charge >= 0.3 is 0 Å². The molecule has 0 radical (unpaired) electrons. The molecule has 0 unspecified atom stereocenters. The molecule has 0 saturated carbocycles. The van der Waals surface area contributed by atoms with E-state index in [-0.39, 0.29) is 5.91 Å². The Labute approximate surface area is 96.2 Å². The average molecular weight is 224 g/mol. The Morgan fingerprint density at radius 1 is 1.38 bits per heavy atom. The number of carbonyl (C=O) groups excluding carboxylic acids is 1. The van der Waals surface area contributed by atoms with E-state index >= 15 is 0 Å². The number of aryl methyl sites for hydroxylation is 1. The quantitative estimate of drug-likeness (QED) is 0.694. The summed E-state index contributed by atoms with van der Waals surface area (Å²) in [6.07, 6.45) is 5.85. The summed E-state index contributed by atoms with van der Waals surface area (Å²) in [5.74, 6) is 0.616.